The number of hydrogen-bond acceptors (Lipinski definition) is 3. The Kier molecular flexibility index (Phi) is 7.84. The van der Waals surface area contributed by atoms with E-state index in [1.807, 2.05) is 36.4 Å². The number of nitrogens with zero attached hydrogens (tertiary/aromatic N) is 1. The van der Waals surface area contributed by atoms with Crippen LogP contribution in [0.15, 0.2) is 60.7 Å². The topological polar surface area (TPSA) is 41.6 Å². The van der Waals surface area contributed by atoms with Crippen LogP contribution in [0.5, 0.6) is 5.75 Å². The van der Waals surface area contributed by atoms with E-state index in [1.54, 1.807) is 0 Å². The number of nitrogens with one attached hydrogen (secondary N) is 1. The van der Waals surface area contributed by atoms with Crippen LogP contribution in [0.2, 0.25) is 0 Å². The van der Waals surface area contributed by atoms with Crippen molar-refractivity contribution in [3.05, 3.63) is 66.2 Å². The van der Waals surface area contributed by atoms with Crippen LogP contribution in [-0.2, 0) is 11.3 Å². The van der Waals surface area contributed by atoms with E-state index in [2.05, 4.69) is 41.5 Å². The van der Waals surface area contributed by atoms with Gasteiger partial charge in [0.1, 0.15) is 5.75 Å². The van der Waals surface area contributed by atoms with Crippen LogP contribution in [-0.4, -0.2) is 37.6 Å². The standard InChI is InChI=1S/C20H26N2O2/c1-22(17-18-9-4-2-5-10-18)15-8-14-21-20(23)13-16-24-19-11-6-3-7-12-19/h2-7,9-12H,8,13-17H2,1H3,(H,21,23). The molecule has 0 aliphatic carbocycles. The summed E-state index contributed by atoms with van der Waals surface area (Å²) < 4.78 is 5.52. The maximum Gasteiger partial charge on any atom is 0.223 e. The smallest absolute Gasteiger partial charge is 0.223 e. The van der Waals surface area contributed by atoms with Gasteiger partial charge in [-0.3, -0.25) is 4.79 Å². The monoisotopic (exact) mass is 326 g/mol. The predicted octanol–water partition coefficient (Wildman–Crippen LogP) is 3.09. The van der Waals surface area contributed by atoms with Crippen molar-refractivity contribution in [2.24, 2.45) is 0 Å². The van der Waals surface area contributed by atoms with Crippen LogP contribution in [0.3, 0.4) is 0 Å². The second-order valence-corrected chi connectivity index (χ2v) is 5.84. The SMILES string of the molecule is CN(CCCNC(=O)CCOc1ccccc1)Cc1ccccc1. The van der Waals surface area contributed by atoms with Crippen LogP contribution in [0.25, 0.3) is 0 Å². The van der Waals surface area contributed by atoms with Gasteiger partial charge < -0.3 is 15.0 Å². The Balaban J connectivity index is 1.51. The molecule has 0 bridgehead atoms. The predicted molar refractivity (Wildman–Crippen MR) is 97.0 cm³/mol. The van der Waals surface area contributed by atoms with E-state index in [4.69, 9.17) is 4.74 Å². The average Bonchev–Trinajstić information content (AvgIpc) is 2.60. The van der Waals surface area contributed by atoms with Gasteiger partial charge in [-0.2, -0.15) is 0 Å². The minimum atomic E-state index is 0.0386. The van der Waals surface area contributed by atoms with E-state index in [-0.39, 0.29) is 5.91 Å². The number of amides is 1. The molecule has 0 saturated heterocycles. The van der Waals surface area contributed by atoms with E-state index >= 15 is 0 Å². The first-order valence-electron chi connectivity index (χ1n) is 8.41. The van der Waals surface area contributed by atoms with E-state index in [9.17, 15) is 4.79 Å². The van der Waals surface area contributed by atoms with E-state index in [1.165, 1.54) is 5.56 Å². The Morgan fingerprint density at radius 2 is 1.71 bits per heavy atom. The second kappa shape index (κ2) is 10.4. The van der Waals surface area contributed by atoms with Crippen molar-refractivity contribution in [1.82, 2.24) is 10.2 Å². The molecule has 128 valence electrons. The highest BCUT2D eigenvalue weighted by Crippen LogP contribution is 2.08. The Bertz CT molecular complexity index is 587. The maximum absolute atomic E-state index is 11.8. The Labute approximate surface area is 144 Å². The Hall–Kier alpha value is -2.33. The average molecular weight is 326 g/mol. The number of ether oxygens (including phenoxy) is 1. The lowest BCUT2D eigenvalue weighted by Gasteiger charge is -2.16. The summed E-state index contributed by atoms with van der Waals surface area (Å²) >= 11 is 0. The normalized spacial score (nSPS) is 10.6. The number of hydrogen-bond donors (Lipinski definition) is 1. The van der Waals surface area contributed by atoms with Crippen molar-refractivity contribution < 1.29 is 9.53 Å². The molecule has 0 saturated carbocycles. The molecule has 0 aliphatic rings. The summed E-state index contributed by atoms with van der Waals surface area (Å²) in [5.74, 6) is 0.837. The number of rotatable bonds is 10. The molecule has 0 unspecified atom stereocenters. The largest absolute Gasteiger partial charge is 0.493 e. The first kappa shape index (κ1) is 18.0. The quantitative estimate of drug-likeness (QED) is 0.682. The zero-order valence-corrected chi connectivity index (χ0v) is 14.3. The fraction of sp³-hybridized carbons (Fsp3) is 0.350. The maximum atomic E-state index is 11.8. The fourth-order valence-corrected chi connectivity index (χ4v) is 2.42. The van der Waals surface area contributed by atoms with Gasteiger partial charge in [0.15, 0.2) is 0 Å². The van der Waals surface area contributed by atoms with Crippen molar-refractivity contribution in [2.75, 3.05) is 26.7 Å². The summed E-state index contributed by atoms with van der Waals surface area (Å²) in [7, 11) is 2.10. The van der Waals surface area contributed by atoms with Crippen LogP contribution in [0.4, 0.5) is 0 Å². The van der Waals surface area contributed by atoms with E-state index < -0.39 is 0 Å². The molecule has 4 heteroatoms. The van der Waals surface area contributed by atoms with E-state index in [0.717, 1.165) is 25.3 Å². The molecule has 0 spiro atoms. The van der Waals surface area contributed by atoms with Gasteiger partial charge in [-0.25, -0.2) is 0 Å². The van der Waals surface area contributed by atoms with Crippen molar-refractivity contribution in [2.45, 2.75) is 19.4 Å². The minimum absolute atomic E-state index is 0.0386. The molecule has 4 nitrogen and oxygen atoms in total. The van der Waals surface area contributed by atoms with Gasteiger partial charge in [0.2, 0.25) is 5.91 Å². The van der Waals surface area contributed by atoms with Gasteiger partial charge in [0.25, 0.3) is 0 Å². The van der Waals surface area contributed by atoms with Crippen molar-refractivity contribution in [3.8, 4) is 5.75 Å². The molecule has 2 aromatic rings. The zero-order valence-electron chi connectivity index (χ0n) is 14.3. The molecule has 0 heterocycles. The minimum Gasteiger partial charge on any atom is -0.493 e. The molecule has 2 aromatic carbocycles. The molecule has 0 radical (unpaired) electrons. The van der Waals surface area contributed by atoms with Crippen LogP contribution < -0.4 is 10.1 Å². The lowest BCUT2D eigenvalue weighted by atomic mass is 10.2. The Morgan fingerprint density at radius 3 is 2.42 bits per heavy atom. The van der Waals surface area contributed by atoms with Crippen LogP contribution >= 0.6 is 0 Å². The molecular formula is C20H26N2O2. The van der Waals surface area contributed by atoms with Crippen molar-refractivity contribution in [1.29, 1.82) is 0 Å². The number of benzene rings is 2. The van der Waals surface area contributed by atoms with Gasteiger partial charge in [-0.1, -0.05) is 48.5 Å². The van der Waals surface area contributed by atoms with Gasteiger partial charge in [-0.05, 0) is 37.7 Å². The third-order valence-corrected chi connectivity index (χ3v) is 3.68. The van der Waals surface area contributed by atoms with Gasteiger partial charge in [0, 0.05) is 13.1 Å². The van der Waals surface area contributed by atoms with Crippen LogP contribution in [0.1, 0.15) is 18.4 Å². The summed E-state index contributed by atoms with van der Waals surface area (Å²) in [6.07, 6.45) is 1.32. The summed E-state index contributed by atoms with van der Waals surface area (Å²) in [5.41, 5.74) is 1.31. The zero-order chi connectivity index (χ0) is 17.0. The Morgan fingerprint density at radius 1 is 1.04 bits per heavy atom. The van der Waals surface area contributed by atoms with E-state index in [0.29, 0.717) is 19.6 Å². The summed E-state index contributed by atoms with van der Waals surface area (Å²) in [6.45, 7) is 2.99. The molecule has 1 amide bonds. The first-order valence-corrected chi connectivity index (χ1v) is 8.41. The van der Waals surface area contributed by atoms with Gasteiger partial charge in [0.05, 0.1) is 13.0 Å². The molecule has 1 N–H and O–H groups in total. The number of carbonyl (C=O) groups excluding carboxylic acids is 1. The first-order chi connectivity index (χ1) is 11.7. The molecule has 0 atom stereocenters. The number of para-hydroxylation sites is 1. The van der Waals surface area contributed by atoms with Crippen molar-refractivity contribution >= 4 is 5.91 Å². The molecule has 0 aromatic heterocycles. The highest BCUT2D eigenvalue weighted by molar-refractivity contribution is 5.75. The molecule has 0 aliphatic heterocycles. The molecular weight excluding hydrogens is 300 g/mol. The summed E-state index contributed by atoms with van der Waals surface area (Å²) in [6, 6.07) is 20.0. The molecule has 24 heavy (non-hydrogen) atoms. The molecule has 0 fully saturated rings. The van der Waals surface area contributed by atoms with Crippen molar-refractivity contribution in [3.63, 3.8) is 0 Å². The third-order valence-electron chi connectivity index (χ3n) is 3.68. The lowest BCUT2D eigenvalue weighted by molar-refractivity contribution is -0.121. The second-order valence-electron chi connectivity index (χ2n) is 5.84. The fourth-order valence-electron chi connectivity index (χ4n) is 2.42. The lowest BCUT2D eigenvalue weighted by Crippen LogP contribution is -2.29. The number of carbonyl (C=O) groups is 1. The third kappa shape index (κ3) is 7.29. The van der Waals surface area contributed by atoms with Gasteiger partial charge >= 0.3 is 0 Å². The van der Waals surface area contributed by atoms with Gasteiger partial charge in [-0.15, -0.1) is 0 Å². The highest BCUT2D eigenvalue weighted by Gasteiger charge is 2.03. The summed E-state index contributed by atoms with van der Waals surface area (Å²) in [5, 5.41) is 2.94. The van der Waals surface area contributed by atoms with Crippen LogP contribution in [0, 0.1) is 0 Å². The highest BCUT2D eigenvalue weighted by atomic mass is 16.5. The summed E-state index contributed by atoms with van der Waals surface area (Å²) in [4.78, 5) is 14.0. The molecule has 2 rings (SSSR count).